The third-order valence-corrected chi connectivity index (χ3v) is 3.77. The molecule has 6 heteroatoms. The monoisotopic (exact) mass is 351 g/mol. The predicted octanol–water partition coefficient (Wildman–Crippen LogP) is 3.70. The summed E-state index contributed by atoms with van der Waals surface area (Å²) in [5.74, 6) is 1.17. The Hall–Kier alpha value is -3.15. The molecule has 0 fully saturated rings. The maximum atomic E-state index is 11.8. The van der Waals surface area contributed by atoms with Gasteiger partial charge in [-0.2, -0.15) is 0 Å². The molecule has 0 saturated carbocycles. The zero-order chi connectivity index (χ0) is 18.2. The summed E-state index contributed by atoms with van der Waals surface area (Å²) in [6.45, 7) is 2.68. The molecule has 1 heterocycles. The molecule has 3 aromatic rings. The fourth-order valence-electron chi connectivity index (χ4n) is 2.40. The van der Waals surface area contributed by atoms with Crippen LogP contribution < -0.4 is 10.1 Å². The molecule has 0 atom stereocenters. The van der Waals surface area contributed by atoms with Crippen LogP contribution in [-0.4, -0.2) is 29.3 Å². The molecule has 3 rings (SSSR count). The van der Waals surface area contributed by atoms with E-state index in [1.165, 1.54) is 0 Å². The van der Waals surface area contributed by atoms with Crippen molar-refractivity contribution in [2.24, 2.45) is 0 Å². The van der Waals surface area contributed by atoms with Gasteiger partial charge in [0.15, 0.2) is 6.61 Å². The van der Waals surface area contributed by atoms with Gasteiger partial charge in [-0.15, -0.1) is 10.2 Å². The number of unbranched alkanes of at least 4 members (excludes halogenated alkanes) is 1. The highest BCUT2D eigenvalue weighted by Gasteiger charge is 2.15. The molecule has 0 aliphatic rings. The van der Waals surface area contributed by atoms with E-state index in [2.05, 4.69) is 22.4 Å². The summed E-state index contributed by atoms with van der Waals surface area (Å²) in [5.41, 5.74) is 1.50. The van der Waals surface area contributed by atoms with Crippen LogP contribution in [0, 0.1) is 0 Å². The van der Waals surface area contributed by atoms with Crippen molar-refractivity contribution in [1.82, 2.24) is 15.5 Å². The summed E-state index contributed by atoms with van der Waals surface area (Å²) >= 11 is 0. The van der Waals surface area contributed by atoms with E-state index in [0.29, 0.717) is 29.6 Å². The third-order valence-electron chi connectivity index (χ3n) is 3.77. The molecule has 0 aliphatic heterocycles. The lowest BCUT2D eigenvalue weighted by molar-refractivity contribution is -0.123. The number of carbonyl (C=O) groups is 1. The first-order chi connectivity index (χ1) is 12.8. The molecule has 2 aromatic carbocycles. The van der Waals surface area contributed by atoms with E-state index in [9.17, 15) is 4.79 Å². The summed E-state index contributed by atoms with van der Waals surface area (Å²) in [5, 5.41) is 11.0. The standard InChI is InChI=1S/C20H21N3O3/c1-2-3-13-21-18(24)14-25-17-12-8-7-11-16(17)20-23-22-19(26-20)15-9-5-4-6-10-15/h4-12H,2-3,13-14H2,1H3,(H,21,24). The van der Waals surface area contributed by atoms with Crippen molar-refractivity contribution >= 4 is 5.91 Å². The second kappa shape index (κ2) is 8.80. The van der Waals surface area contributed by atoms with Gasteiger partial charge in [0.2, 0.25) is 5.89 Å². The minimum atomic E-state index is -0.149. The van der Waals surface area contributed by atoms with Gasteiger partial charge in [-0.25, -0.2) is 0 Å². The molecule has 0 saturated heterocycles. The second-order valence-electron chi connectivity index (χ2n) is 5.77. The number of para-hydroxylation sites is 1. The minimum Gasteiger partial charge on any atom is -0.483 e. The number of hydrogen-bond acceptors (Lipinski definition) is 5. The number of carbonyl (C=O) groups excluding carboxylic acids is 1. The van der Waals surface area contributed by atoms with Crippen molar-refractivity contribution in [2.45, 2.75) is 19.8 Å². The number of hydrogen-bond donors (Lipinski definition) is 1. The number of amides is 1. The summed E-state index contributed by atoms with van der Waals surface area (Å²) < 4.78 is 11.4. The van der Waals surface area contributed by atoms with Crippen LogP contribution in [0.1, 0.15) is 19.8 Å². The molecule has 1 amide bonds. The summed E-state index contributed by atoms with van der Waals surface area (Å²) in [4.78, 5) is 11.8. The topological polar surface area (TPSA) is 77.2 Å². The molecule has 0 radical (unpaired) electrons. The maximum absolute atomic E-state index is 11.8. The van der Waals surface area contributed by atoms with Crippen molar-refractivity contribution in [1.29, 1.82) is 0 Å². The highest BCUT2D eigenvalue weighted by Crippen LogP contribution is 2.30. The average Bonchev–Trinajstić information content (AvgIpc) is 3.17. The van der Waals surface area contributed by atoms with Gasteiger partial charge in [0.25, 0.3) is 11.8 Å². The average molecular weight is 351 g/mol. The predicted molar refractivity (Wildman–Crippen MR) is 98.6 cm³/mol. The van der Waals surface area contributed by atoms with E-state index in [4.69, 9.17) is 9.15 Å². The number of nitrogens with one attached hydrogen (secondary N) is 1. The van der Waals surface area contributed by atoms with E-state index in [-0.39, 0.29) is 12.5 Å². The van der Waals surface area contributed by atoms with Gasteiger partial charge < -0.3 is 14.5 Å². The van der Waals surface area contributed by atoms with Crippen LogP contribution in [0.2, 0.25) is 0 Å². The molecule has 6 nitrogen and oxygen atoms in total. The first-order valence-electron chi connectivity index (χ1n) is 8.65. The van der Waals surface area contributed by atoms with Gasteiger partial charge >= 0.3 is 0 Å². The van der Waals surface area contributed by atoms with Gasteiger partial charge in [-0.05, 0) is 30.7 Å². The summed E-state index contributed by atoms with van der Waals surface area (Å²) in [6, 6.07) is 16.9. The Morgan fingerprint density at radius 1 is 1.04 bits per heavy atom. The smallest absolute Gasteiger partial charge is 0.257 e. The zero-order valence-corrected chi connectivity index (χ0v) is 14.6. The van der Waals surface area contributed by atoms with Gasteiger partial charge in [-0.1, -0.05) is 43.7 Å². The SMILES string of the molecule is CCCCNC(=O)COc1ccccc1-c1nnc(-c2ccccc2)o1. The Morgan fingerprint density at radius 3 is 2.58 bits per heavy atom. The molecule has 0 bridgehead atoms. The number of rotatable bonds is 8. The molecule has 1 N–H and O–H groups in total. The van der Waals surface area contributed by atoms with Crippen LogP contribution >= 0.6 is 0 Å². The largest absolute Gasteiger partial charge is 0.483 e. The molecular formula is C20H21N3O3. The van der Waals surface area contributed by atoms with Gasteiger partial charge in [-0.3, -0.25) is 4.79 Å². The molecule has 0 aliphatic carbocycles. The van der Waals surface area contributed by atoms with Crippen LogP contribution in [0.5, 0.6) is 5.75 Å². The highest BCUT2D eigenvalue weighted by molar-refractivity contribution is 5.77. The van der Waals surface area contributed by atoms with Crippen molar-refractivity contribution < 1.29 is 13.9 Å². The van der Waals surface area contributed by atoms with Crippen LogP contribution in [0.3, 0.4) is 0 Å². The van der Waals surface area contributed by atoms with Gasteiger partial charge in [0, 0.05) is 12.1 Å². The first-order valence-corrected chi connectivity index (χ1v) is 8.65. The Bertz CT molecular complexity index is 846. The fraction of sp³-hybridized carbons (Fsp3) is 0.250. The summed E-state index contributed by atoms with van der Waals surface area (Å²) in [6.07, 6.45) is 1.98. The van der Waals surface area contributed by atoms with Gasteiger partial charge in [0.05, 0.1) is 5.56 Å². The zero-order valence-electron chi connectivity index (χ0n) is 14.6. The molecule has 26 heavy (non-hydrogen) atoms. The molecule has 0 unspecified atom stereocenters. The van der Waals surface area contributed by atoms with Crippen LogP contribution in [0.4, 0.5) is 0 Å². The number of benzene rings is 2. The van der Waals surface area contributed by atoms with E-state index >= 15 is 0 Å². The van der Waals surface area contributed by atoms with Crippen LogP contribution in [0.15, 0.2) is 59.0 Å². The fourth-order valence-corrected chi connectivity index (χ4v) is 2.40. The number of ether oxygens (including phenoxy) is 1. The van der Waals surface area contributed by atoms with Crippen molar-refractivity contribution in [3.05, 3.63) is 54.6 Å². The molecule has 134 valence electrons. The molecular weight excluding hydrogens is 330 g/mol. The third kappa shape index (κ3) is 4.47. The van der Waals surface area contributed by atoms with E-state index in [1.807, 2.05) is 48.5 Å². The Kier molecular flexibility index (Phi) is 5.98. The lowest BCUT2D eigenvalue weighted by Gasteiger charge is -2.09. The van der Waals surface area contributed by atoms with E-state index in [0.717, 1.165) is 18.4 Å². The van der Waals surface area contributed by atoms with Crippen molar-refractivity contribution in [2.75, 3.05) is 13.2 Å². The summed E-state index contributed by atoms with van der Waals surface area (Å²) in [7, 11) is 0. The van der Waals surface area contributed by atoms with E-state index < -0.39 is 0 Å². The van der Waals surface area contributed by atoms with E-state index in [1.54, 1.807) is 6.07 Å². The quantitative estimate of drug-likeness (QED) is 0.626. The van der Waals surface area contributed by atoms with Crippen molar-refractivity contribution in [3.63, 3.8) is 0 Å². The lowest BCUT2D eigenvalue weighted by atomic mass is 10.2. The first kappa shape index (κ1) is 17.7. The normalized spacial score (nSPS) is 10.5. The highest BCUT2D eigenvalue weighted by atomic mass is 16.5. The molecule has 0 spiro atoms. The number of aromatic nitrogens is 2. The minimum absolute atomic E-state index is 0.0552. The van der Waals surface area contributed by atoms with Crippen molar-refractivity contribution in [3.8, 4) is 28.7 Å². The lowest BCUT2D eigenvalue weighted by Crippen LogP contribution is -2.29. The Balaban J connectivity index is 1.71. The maximum Gasteiger partial charge on any atom is 0.257 e. The Labute approximate surface area is 152 Å². The van der Waals surface area contributed by atoms with Gasteiger partial charge in [0.1, 0.15) is 5.75 Å². The second-order valence-corrected chi connectivity index (χ2v) is 5.77. The van der Waals surface area contributed by atoms with Crippen LogP contribution in [0.25, 0.3) is 22.9 Å². The number of nitrogens with zero attached hydrogens (tertiary/aromatic N) is 2. The van der Waals surface area contributed by atoms with Crippen LogP contribution in [-0.2, 0) is 4.79 Å². The Morgan fingerprint density at radius 2 is 1.77 bits per heavy atom. The molecule has 1 aromatic heterocycles.